The van der Waals surface area contributed by atoms with Crippen LogP contribution in [0.25, 0.3) is 0 Å². The van der Waals surface area contributed by atoms with Crippen molar-refractivity contribution in [2.75, 3.05) is 24.5 Å². The fourth-order valence-corrected chi connectivity index (χ4v) is 2.72. The molecule has 19 heavy (non-hydrogen) atoms. The van der Waals surface area contributed by atoms with Crippen LogP contribution < -0.4 is 10.2 Å². The largest absolute Gasteiger partial charge is 0.418 e. The first-order valence-corrected chi connectivity index (χ1v) is 6.85. The maximum Gasteiger partial charge on any atom is 0.418 e. The number of piperazine rings is 1. The molecular formula is C13H16BrF3N2. The first kappa shape index (κ1) is 14.7. The summed E-state index contributed by atoms with van der Waals surface area (Å²) in [6.07, 6.45) is -4.34. The number of anilines is 1. The standard InChI is InChI=1S/C13H16BrF3N2/c1-12(2)8-19(6-5-18-12)11-4-3-9(14)7-10(11)13(15,16)17/h3-4,7,18H,5-6,8H2,1-2H3. The Labute approximate surface area is 119 Å². The van der Waals surface area contributed by atoms with Crippen LogP contribution >= 0.6 is 15.9 Å². The predicted molar refractivity (Wildman–Crippen MR) is 73.4 cm³/mol. The molecule has 106 valence electrons. The number of rotatable bonds is 1. The molecule has 1 aromatic rings. The molecule has 1 N–H and O–H groups in total. The van der Waals surface area contributed by atoms with Gasteiger partial charge < -0.3 is 10.2 Å². The molecule has 1 aromatic carbocycles. The summed E-state index contributed by atoms with van der Waals surface area (Å²) in [5, 5.41) is 3.30. The van der Waals surface area contributed by atoms with Gasteiger partial charge in [0.15, 0.2) is 0 Å². The van der Waals surface area contributed by atoms with Crippen molar-refractivity contribution in [2.45, 2.75) is 25.6 Å². The Hall–Kier alpha value is -0.750. The van der Waals surface area contributed by atoms with E-state index in [1.54, 1.807) is 11.0 Å². The minimum atomic E-state index is -4.34. The Kier molecular flexibility index (Phi) is 3.84. The first-order valence-electron chi connectivity index (χ1n) is 6.06. The van der Waals surface area contributed by atoms with E-state index < -0.39 is 11.7 Å². The van der Waals surface area contributed by atoms with Crippen LogP contribution in [0.3, 0.4) is 0 Å². The van der Waals surface area contributed by atoms with Crippen molar-refractivity contribution in [3.63, 3.8) is 0 Å². The highest BCUT2D eigenvalue weighted by molar-refractivity contribution is 9.10. The van der Waals surface area contributed by atoms with E-state index in [1.165, 1.54) is 6.07 Å². The van der Waals surface area contributed by atoms with Gasteiger partial charge in [0, 0.05) is 35.3 Å². The molecule has 2 nitrogen and oxygen atoms in total. The molecular weight excluding hydrogens is 321 g/mol. The quantitative estimate of drug-likeness (QED) is 0.841. The summed E-state index contributed by atoms with van der Waals surface area (Å²) in [6.45, 7) is 5.79. The monoisotopic (exact) mass is 336 g/mol. The molecule has 0 atom stereocenters. The average Bonchev–Trinajstić information content (AvgIpc) is 2.26. The summed E-state index contributed by atoms with van der Waals surface area (Å²) < 4.78 is 39.8. The van der Waals surface area contributed by atoms with Gasteiger partial charge in [-0.1, -0.05) is 15.9 Å². The zero-order chi connectivity index (χ0) is 14.3. The Bertz CT molecular complexity index is 471. The van der Waals surface area contributed by atoms with Gasteiger partial charge in [0.1, 0.15) is 0 Å². The Morgan fingerprint density at radius 3 is 2.58 bits per heavy atom. The van der Waals surface area contributed by atoms with Crippen LogP contribution in [0.5, 0.6) is 0 Å². The maximum atomic E-state index is 13.1. The topological polar surface area (TPSA) is 15.3 Å². The van der Waals surface area contributed by atoms with Crippen molar-refractivity contribution in [1.29, 1.82) is 0 Å². The van der Waals surface area contributed by atoms with E-state index in [0.29, 0.717) is 24.1 Å². The third-order valence-electron chi connectivity index (χ3n) is 3.18. The van der Waals surface area contributed by atoms with Gasteiger partial charge >= 0.3 is 6.18 Å². The highest BCUT2D eigenvalue weighted by Crippen LogP contribution is 2.38. The molecule has 1 saturated heterocycles. The molecule has 1 aliphatic rings. The van der Waals surface area contributed by atoms with E-state index in [2.05, 4.69) is 21.2 Å². The number of nitrogens with one attached hydrogen (secondary N) is 1. The second-order valence-corrected chi connectivity index (χ2v) is 6.31. The molecule has 0 aromatic heterocycles. The zero-order valence-corrected chi connectivity index (χ0v) is 12.4. The van der Waals surface area contributed by atoms with Crippen molar-refractivity contribution >= 4 is 21.6 Å². The van der Waals surface area contributed by atoms with Crippen LogP contribution in [-0.2, 0) is 6.18 Å². The molecule has 1 aliphatic heterocycles. The minimum absolute atomic E-state index is 0.186. The molecule has 0 saturated carbocycles. The summed E-state index contributed by atoms with van der Waals surface area (Å²) >= 11 is 3.10. The van der Waals surface area contributed by atoms with Gasteiger partial charge in [-0.3, -0.25) is 0 Å². The molecule has 1 fully saturated rings. The van der Waals surface area contributed by atoms with Crippen molar-refractivity contribution in [3.8, 4) is 0 Å². The lowest BCUT2D eigenvalue weighted by Crippen LogP contribution is -2.57. The number of alkyl halides is 3. The number of hydrogen-bond acceptors (Lipinski definition) is 2. The highest BCUT2D eigenvalue weighted by atomic mass is 79.9. The summed E-state index contributed by atoms with van der Waals surface area (Å²) in [6, 6.07) is 4.33. The van der Waals surface area contributed by atoms with Crippen LogP contribution in [0, 0.1) is 0 Å². The van der Waals surface area contributed by atoms with Crippen molar-refractivity contribution in [3.05, 3.63) is 28.2 Å². The summed E-state index contributed by atoms with van der Waals surface area (Å²) in [5.41, 5.74) is -0.515. The van der Waals surface area contributed by atoms with Gasteiger partial charge in [0.05, 0.1) is 5.56 Å². The lowest BCUT2D eigenvalue weighted by molar-refractivity contribution is -0.137. The third kappa shape index (κ3) is 3.42. The van der Waals surface area contributed by atoms with E-state index in [0.717, 1.165) is 6.07 Å². The molecule has 6 heteroatoms. The average molecular weight is 337 g/mol. The number of nitrogens with zero attached hydrogens (tertiary/aromatic N) is 1. The third-order valence-corrected chi connectivity index (χ3v) is 3.67. The van der Waals surface area contributed by atoms with Crippen molar-refractivity contribution < 1.29 is 13.2 Å². The fourth-order valence-electron chi connectivity index (χ4n) is 2.36. The van der Waals surface area contributed by atoms with Crippen LogP contribution in [0.15, 0.2) is 22.7 Å². The van der Waals surface area contributed by atoms with Gasteiger partial charge in [-0.25, -0.2) is 0 Å². The Balaban J connectivity index is 2.39. The molecule has 0 aliphatic carbocycles. The molecule has 0 bridgehead atoms. The molecule has 0 amide bonds. The van der Waals surface area contributed by atoms with Gasteiger partial charge in [0.2, 0.25) is 0 Å². The second kappa shape index (κ2) is 4.98. The van der Waals surface area contributed by atoms with Crippen LogP contribution in [-0.4, -0.2) is 25.2 Å². The lowest BCUT2D eigenvalue weighted by Gasteiger charge is -2.41. The molecule has 1 heterocycles. The first-order chi connectivity index (χ1) is 8.69. The second-order valence-electron chi connectivity index (χ2n) is 5.39. The van der Waals surface area contributed by atoms with E-state index in [9.17, 15) is 13.2 Å². The van der Waals surface area contributed by atoms with Crippen LogP contribution in [0.1, 0.15) is 19.4 Å². The maximum absolute atomic E-state index is 13.1. The number of hydrogen-bond donors (Lipinski definition) is 1. The highest BCUT2D eigenvalue weighted by Gasteiger charge is 2.36. The molecule has 2 rings (SSSR count). The van der Waals surface area contributed by atoms with E-state index in [-0.39, 0.29) is 11.2 Å². The zero-order valence-electron chi connectivity index (χ0n) is 10.8. The fraction of sp³-hybridized carbons (Fsp3) is 0.538. The summed E-state index contributed by atoms with van der Waals surface area (Å²) in [4.78, 5) is 1.80. The summed E-state index contributed by atoms with van der Waals surface area (Å²) in [5.74, 6) is 0. The molecule has 0 spiro atoms. The van der Waals surface area contributed by atoms with Gasteiger partial charge in [-0.15, -0.1) is 0 Å². The lowest BCUT2D eigenvalue weighted by atomic mass is 10.0. The minimum Gasteiger partial charge on any atom is -0.368 e. The van der Waals surface area contributed by atoms with E-state index in [4.69, 9.17) is 0 Å². The van der Waals surface area contributed by atoms with E-state index in [1.807, 2.05) is 13.8 Å². The Morgan fingerprint density at radius 1 is 1.32 bits per heavy atom. The van der Waals surface area contributed by atoms with Crippen molar-refractivity contribution in [1.82, 2.24) is 5.32 Å². The van der Waals surface area contributed by atoms with Gasteiger partial charge in [0.25, 0.3) is 0 Å². The van der Waals surface area contributed by atoms with Gasteiger partial charge in [-0.05, 0) is 32.0 Å². The molecule has 0 unspecified atom stereocenters. The predicted octanol–water partition coefficient (Wildman–Crippen LogP) is 3.66. The normalized spacial score (nSPS) is 19.6. The number of halogens is 4. The smallest absolute Gasteiger partial charge is 0.368 e. The molecule has 0 radical (unpaired) electrons. The number of benzene rings is 1. The van der Waals surface area contributed by atoms with Gasteiger partial charge in [-0.2, -0.15) is 13.2 Å². The Morgan fingerprint density at radius 2 is 2.00 bits per heavy atom. The van der Waals surface area contributed by atoms with E-state index >= 15 is 0 Å². The SMILES string of the molecule is CC1(C)CN(c2ccc(Br)cc2C(F)(F)F)CCN1. The van der Waals surface area contributed by atoms with Crippen molar-refractivity contribution in [2.24, 2.45) is 0 Å². The van der Waals surface area contributed by atoms with Crippen LogP contribution in [0.2, 0.25) is 0 Å². The van der Waals surface area contributed by atoms with Crippen LogP contribution in [0.4, 0.5) is 18.9 Å². The summed E-state index contributed by atoms with van der Waals surface area (Å²) in [7, 11) is 0.